The van der Waals surface area contributed by atoms with Crippen molar-refractivity contribution in [2.75, 3.05) is 57.3 Å². The fraction of sp³-hybridized carbons (Fsp3) is 0.429. The molecule has 0 aliphatic carbocycles. The summed E-state index contributed by atoms with van der Waals surface area (Å²) in [5, 5.41) is 19.8. The highest BCUT2D eigenvalue weighted by Crippen LogP contribution is 2.49. The van der Waals surface area contributed by atoms with Crippen LogP contribution in [0.5, 0.6) is 5.75 Å². The Morgan fingerprint density at radius 1 is 0.857 bits per heavy atom. The van der Waals surface area contributed by atoms with Gasteiger partial charge in [-0.15, -0.1) is 0 Å². The van der Waals surface area contributed by atoms with Crippen LogP contribution >= 0.6 is 23.4 Å². The summed E-state index contributed by atoms with van der Waals surface area (Å²) in [6.07, 6.45) is 1.03. The molecule has 2 heterocycles. The molecule has 0 radical (unpaired) electrons. The number of β-amino-alcohol motifs (C(OH)–C–C–N with tert-alkyl or cyclic N) is 1. The number of phenolic OH excluding ortho intramolecular Hbond substituents is 1. The molecule has 0 saturated carbocycles. The topological polar surface area (TPSA) is 50.2 Å². The number of rotatable bonds is 6. The van der Waals surface area contributed by atoms with Crippen molar-refractivity contribution in [3.63, 3.8) is 0 Å². The Morgan fingerprint density at radius 3 is 2.21 bits per heavy atom. The van der Waals surface area contributed by atoms with E-state index in [1.807, 2.05) is 24.3 Å². The predicted molar refractivity (Wildman–Crippen MR) is 115 cm³/mol. The van der Waals surface area contributed by atoms with Gasteiger partial charge in [-0.05, 0) is 43.3 Å². The SMILES string of the molecule is OCCN1CCN(CCCN2c3cc(O)ccc3Sc3ccc(Cl)cc32)CC1. The molecule has 1 saturated heterocycles. The molecule has 4 rings (SSSR count). The van der Waals surface area contributed by atoms with Gasteiger partial charge in [0.15, 0.2) is 0 Å². The van der Waals surface area contributed by atoms with E-state index < -0.39 is 0 Å². The van der Waals surface area contributed by atoms with Crippen molar-refractivity contribution < 1.29 is 10.2 Å². The van der Waals surface area contributed by atoms with Crippen molar-refractivity contribution >= 4 is 34.7 Å². The number of nitrogens with zero attached hydrogens (tertiary/aromatic N) is 3. The first-order valence-corrected chi connectivity index (χ1v) is 11.0. The summed E-state index contributed by atoms with van der Waals surface area (Å²) >= 11 is 8.00. The Morgan fingerprint density at radius 2 is 1.50 bits per heavy atom. The van der Waals surface area contributed by atoms with Gasteiger partial charge in [0, 0.05) is 60.1 Å². The standard InChI is InChI=1S/C21H26ClN3O2S/c22-16-2-4-20-18(14-16)25(19-15-17(27)3-5-21(19)28-20)7-1-6-23-8-10-24(11-9-23)12-13-26/h2-5,14-15,26-27H,1,6-13H2. The number of hydrogen-bond donors (Lipinski definition) is 2. The number of aliphatic hydroxyl groups excluding tert-OH is 1. The summed E-state index contributed by atoms with van der Waals surface area (Å²) in [6, 6.07) is 11.6. The van der Waals surface area contributed by atoms with Crippen LogP contribution in [0.4, 0.5) is 11.4 Å². The zero-order chi connectivity index (χ0) is 19.5. The van der Waals surface area contributed by atoms with Crippen LogP contribution in [0.3, 0.4) is 0 Å². The molecular weight excluding hydrogens is 394 g/mol. The summed E-state index contributed by atoms with van der Waals surface area (Å²) in [4.78, 5) is 9.45. The summed E-state index contributed by atoms with van der Waals surface area (Å²) in [6.45, 7) is 7.08. The minimum absolute atomic E-state index is 0.237. The molecule has 0 bridgehead atoms. The number of anilines is 2. The number of aliphatic hydroxyl groups is 1. The number of phenols is 1. The summed E-state index contributed by atoms with van der Waals surface area (Å²) in [5.41, 5.74) is 2.16. The Labute approximate surface area is 175 Å². The first kappa shape index (κ1) is 19.9. The van der Waals surface area contributed by atoms with Gasteiger partial charge in [-0.2, -0.15) is 0 Å². The number of hydrogen-bond acceptors (Lipinski definition) is 6. The predicted octanol–water partition coefficient (Wildman–Crippen LogP) is 3.65. The van der Waals surface area contributed by atoms with Gasteiger partial charge in [0.05, 0.1) is 18.0 Å². The molecule has 0 spiro atoms. The highest BCUT2D eigenvalue weighted by molar-refractivity contribution is 7.99. The molecule has 150 valence electrons. The zero-order valence-electron chi connectivity index (χ0n) is 15.9. The molecule has 2 aliphatic rings. The van der Waals surface area contributed by atoms with E-state index >= 15 is 0 Å². The van der Waals surface area contributed by atoms with Crippen LogP contribution < -0.4 is 4.90 Å². The number of benzene rings is 2. The van der Waals surface area contributed by atoms with Crippen LogP contribution in [-0.2, 0) is 0 Å². The van der Waals surface area contributed by atoms with E-state index in [0.717, 1.165) is 73.5 Å². The van der Waals surface area contributed by atoms with Crippen LogP contribution in [0.2, 0.25) is 5.02 Å². The van der Waals surface area contributed by atoms with Crippen LogP contribution in [0.1, 0.15) is 6.42 Å². The third-order valence-corrected chi connectivity index (χ3v) is 6.77. The highest BCUT2D eigenvalue weighted by atomic mass is 35.5. The van der Waals surface area contributed by atoms with Gasteiger partial charge < -0.3 is 20.0 Å². The average Bonchev–Trinajstić information content (AvgIpc) is 2.69. The van der Waals surface area contributed by atoms with Gasteiger partial charge in [-0.3, -0.25) is 4.90 Å². The fourth-order valence-electron chi connectivity index (χ4n) is 3.91. The van der Waals surface area contributed by atoms with Gasteiger partial charge in [-0.1, -0.05) is 23.4 Å². The Balaban J connectivity index is 1.44. The molecule has 0 amide bonds. The Kier molecular flexibility index (Phi) is 6.33. The molecule has 2 aromatic rings. The second-order valence-electron chi connectivity index (χ2n) is 7.28. The maximum absolute atomic E-state index is 10.0. The maximum Gasteiger partial charge on any atom is 0.117 e. The van der Waals surface area contributed by atoms with Crippen molar-refractivity contribution in [2.24, 2.45) is 0 Å². The number of halogens is 1. The molecular formula is C21H26ClN3O2S. The first-order valence-electron chi connectivity index (χ1n) is 9.77. The summed E-state index contributed by atoms with van der Waals surface area (Å²) in [7, 11) is 0. The zero-order valence-corrected chi connectivity index (χ0v) is 17.4. The smallest absolute Gasteiger partial charge is 0.117 e. The molecule has 0 aromatic heterocycles. The largest absolute Gasteiger partial charge is 0.508 e. The molecule has 2 aromatic carbocycles. The van der Waals surface area contributed by atoms with Gasteiger partial charge in [0.2, 0.25) is 0 Å². The van der Waals surface area contributed by atoms with E-state index in [1.165, 1.54) is 4.90 Å². The van der Waals surface area contributed by atoms with E-state index in [-0.39, 0.29) is 12.4 Å². The normalized spacial score (nSPS) is 17.4. The third kappa shape index (κ3) is 4.42. The van der Waals surface area contributed by atoms with Crippen LogP contribution in [0.15, 0.2) is 46.2 Å². The number of aromatic hydroxyl groups is 1. The van der Waals surface area contributed by atoms with Crippen molar-refractivity contribution in [2.45, 2.75) is 16.2 Å². The molecule has 28 heavy (non-hydrogen) atoms. The molecule has 0 atom stereocenters. The quantitative estimate of drug-likeness (QED) is 0.745. The van der Waals surface area contributed by atoms with E-state index in [1.54, 1.807) is 17.8 Å². The lowest BCUT2D eigenvalue weighted by Gasteiger charge is -2.36. The molecule has 1 fully saturated rings. The summed E-state index contributed by atoms with van der Waals surface area (Å²) in [5.74, 6) is 0.287. The van der Waals surface area contributed by atoms with Gasteiger partial charge in [0.25, 0.3) is 0 Å². The molecule has 0 unspecified atom stereocenters. The monoisotopic (exact) mass is 419 g/mol. The van der Waals surface area contributed by atoms with E-state index in [2.05, 4.69) is 20.8 Å². The Hall–Kier alpha value is -1.44. The average molecular weight is 420 g/mol. The lowest BCUT2D eigenvalue weighted by molar-refractivity contribution is 0.112. The van der Waals surface area contributed by atoms with Crippen molar-refractivity contribution in [1.82, 2.24) is 9.80 Å². The fourth-order valence-corrected chi connectivity index (χ4v) is 5.13. The summed E-state index contributed by atoms with van der Waals surface area (Å²) < 4.78 is 0. The van der Waals surface area contributed by atoms with Crippen LogP contribution in [-0.4, -0.2) is 72.4 Å². The van der Waals surface area contributed by atoms with Crippen LogP contribution in [0, 0.1) is 0 Å². The second kappa shape index (κ2) is 8.93. The lowest BCUT2D eigenvalue weighted by atomic mass is 10.2. The Bertz CT molecular complexity index is 776. The molecule has 5 nitrogen and oxygen atoms in total. The first-order chi connectivity index (χ1) is 13.6. The van der Waals surface area contributed by atoms with Gasteiger partial charge >= 0.3 is 0 Å². The van der Waals surface area contributed by atoms with E-state index in [9.17, 15) is 5.11 Å². The van der Waals surface area contributed by atoms with Crippen molar-refractivity contribution in [3.05, 3.63) is 41.4 Å². The van der Waals surface area contributed by atoms with Crippen molar-refractivity contribution in [1.29, 1.82) is 0 Å². The highest BCUT2D eigenvalue weighted by Gasteiger charge is 2.24. The molecule has 2 aliphatic heterocycles. The van der Waals surface area contributed by atoms with Crippen molar-refractivity contribution in [3.8, 4) is 5.75 Å². The van der Waals surface area contributed by atoms with Crippen LogP contribution in [0.25, 0.3) is 0 Å². The minimum atomic E-state index is 0.237. The van der Waals surface area contributed by atoms with E-state index in [4.69, 9.17) is 16.7 Å². The molecule has 2 N–H and O–H groups in total. The van der Waals surface area contributed by atoms with Gasteiger partial charge in [-0.25, -0.2) is 0 Å². The second-order valence-corrected chi connectivity index (χ2v) is 8.80. The maximum atomic E-state index is 10.0. The van der Waals surface area contributed by atoms with Gasteiger partial charge in [0.1, 0.15) is 5.75 Å². The molecule has 7 heteroatoms. The van der Waals surface area contributed by atoms with E-state index in [0.29, 0.717) is 0 Å². The number of piperazine rings is 1. The third-order valence-electron chi connectivity index (χ3n) is 5.40. The lowest BCUT2D eigenvalue weighted by Crippen LogP contribution is -2.47. The minimum Gasteiger partial charge on any atom is -0.508 e. The number of fused-ring (bicyclic) bond motifs is 2.